The predicted molar refractivity (Wildman–Crippen MR) is 141 cm³/mol. The summed E-state index contributed by atoms with van der Waals surface area (Å²) >= 11 is 5.28. The van der Waals surface area contributed by atoms with Crippen molar-refractivity contribution in [2.45, 2.75) is 64.8 Å². The molecule has 2 fully saturated rings. The molecule has 6 nitrogen and oxygen atoms in total. The Morgan fingerprint density at radius 1 is 1.21 bits per heavy atom. The number of hydrogen-bond donors (Lipinski definition) is 1. The van der Waals surface area contributed by atoms with Gasteiger partial charge in [0, 0.05) is 44.2 Å². The maximum Gasteiger partial charge on any atom is 0.223 e. The van der Waals surface area contributed by atoms with E-state index in [1.165, 1.54) is 32.2 Å². The Kier molecular flexibility index (Phi) is 8.88. The quantitative estimate of drug-likeness (QED) is 0.432. The van der Waals surface area contributed by atoms with E-state index in [2.05, 4.69) is 44.0 Å². The van der Waals surface area contributed by atoms with Gasteiger partial charge < -0.3 is 19.9 Å². The molecule has 4 rings (SSSR count). The van der Waals surface area contributed by atoms with Crippen molar-refractivity contribution in [3.05, 3.63) is 16.6 Å². The number of carbonyl (C=O) groups is 1. The van der Waals surface area contributed by atoms with E-state index in [4.69, 9.17) is 9.72 Å². The van der Waals surface area contributed by atoms with Crippen molar-refractivity contribution in [1.29, 1.82) is 0 Å². The Hall–Kier alpha value is -1.38. The number of piperidine rings is 2. The summed E-state index contributed by atoms with van der Waals surface area (Å²) in [4.78, 5) is 22.5. The van der Waals surface area contributed by atoms with E-state index in [1.54, 1.807) is 11.3 Å². The van der Waals surface area contributed by atoms with Gasteiger partial charge in [-0.2, -0.15) is 0 Å². The maximum atomic E-state index is 12.7. The number of anilines is 1. The molecule has 33 heavy (non-hydrogen) atoms. The number of rotatable bonds is 9. The molecule has 2 saturated heterocycles. The lowest BCUT2D eigenvalue weighted by Crippen LogP contribution is -2.42. The van der Waals surface area contributed by atoms with Gasteiger partial charge in [0.1, 0.15) is 5.75 Å². The Labute approximate surface area is 210 Å². The fourth-order valence-electron chi connectivity index (χ4n) is 5.11. The molecule has 8 heteroatoms. The summed E-state index contributed by atoms with van der Waals surface area (Å²) in [6.07, 6.45) is 8.09. The molecular formula is C25H37BrN4O2S. The summed E-state index contributed by atoms with van der Waals surface area (Å²) < 4.78 is 7.77. The summed E-state index contributed by atoms with van der Waals surface area (Å²) in [7, 11) is 0. The number of likely N-dealkylation sites (tertiary alicyclic amines) is 1. The molecule has 1 amide bonds. The van der Waals surface area contributed by atoms with Crippen LogP contribution < -0.4 is 15.0 Å². The minimum Gasteiger partial charge on any atom is -0.493 e. The van der Waals surface area contributed by atoms with Crippen LogP contribution in [0.15, 0.2) is 16.6 Å². The summed E-state index contributed by atoms with van der Waals surface area (Å²) in [5.41, 5.74) is 0.990. The number of benzene rings is 1. The van der Waals surface area contributed by atoms with Crippen LogP contribution in [0.2, 0.25) is 0 Å². The second-order valence-electron chi connectivity index (χ2n) is 9.18. The van der Waals surface area contributed by atoms with Crippen LogP contribution >= 0.6 is 27.3 Å². The van der Waals surface area contributed by atoms with Crippen molar-refractivity contribution in [3.8, 4) is 5.75 Å². The van der Waals surface area contributed by atoms with E-state index in [0.717, 1.165) is 77.1 Å². The van der Waals surface area contributed by atoms with E-state index >= 15 is 0 Å². The molecular weight excluding hydrogens is 500 g/mol. The lowest BCUT2D eigenvalue weighted by Gasteiger charge is -2.35. The van der Waals surface area contributed by atoms with Crippen LogP contribution in [0, 0.1) is 5.92 Å². The topological polar surface area (TPSA) is 57.7 Å². The van der Waals surface area contributed by atoms with Crippen molar-refractivity contribution in [3.63, 3.8) is 0 Å². The van der Waals surface area contributed by atoms with Crippen LogP contribution in [0.1, 0.15) is 58.8 Å². The Morgan fingerprint density at radius 2 is 2.03 bits per heavy atom. The lowest BCUT2D eigenvalue weighted by atomic mass is 9.96. The van der Waals surface area contributed by atoms with E-state index in [1.807, 2.05) is 13.0 Å². The largest absolute Gasteiger partial charge is 0.493 e. The molecule has 0 radical (unpaired) electrons. The molecule has 2 aliphatic heterocycles. The molecule has 1 unspecified atom stereocenters. The Morgan fingerprint density at radius 3 is 2.79 bits per heavy atom. The first kappa shape index (κ1) is 24.7. The van der Waals surface area contributed by atoms with Gasteiger partial charge in [-0.3, -0.25) is 4.79 Å². The highest BCUT2D eigenvalue weighted by Crippen LogP contribution is 2.37. The van der Waals surface area contributed by atoms with Gasteiger partial charge in [0.05, 0.1) is 21.3 Å². The number of fused-ring (bicyclic) bond motifs is 1. The Bertz CT molecular complexity index is 929. The van der Waals surface area contributed by atoms with Crippen LogP contribution in [0.5, 0.6) is 5.75 Å². The number of aromatic nitrogens is 1. The van der Waals surface area contributed by atoms with Crippen LogP contribution in [-0.4, -0.2) is 61.2 Å². The van der Waals surface area contributed by atoms with E-state index in [-0.39, 0.29) is 11.8 Å². The fourth-order valence-corrected chi connectivity index (χ4v) is 6.58. The third-order valence-electron chi connectivity index (χ3n) is 7.01. The van der Waals surface area contributed by atoms with Gasteiger partial charge in [0.25, 0.3) is 0 Å². The number of nitrogens with one attached hydrogen (secondary N) is 1. The standard InChI is InChI=1S/C25H37BrN4O2S/c1-3-19-8-5-6-12-29(19)13-7-11-27-24(31)18-9-14-30(15-10-18)25-28-21-16-20(26)22(32-4-2)17-23(21)33-25/h16-19H,3-15H2,1-2H3,(H,27,31). The minimum atomic E-state index is 0.118. The minimum absolute atomic E-state index is 0.118. The number of hydrogen-bond acceptors (Lipinski definition) is 6. The van der Waals surface area contributed by atoms with Crippen molar-refractivity contribution in [2.24, 2.45) is 5.92 Å². The fraction of sp³-hybridized carbons (Fsp3) is 0.680. The first-order valence-corrected chi connectivity index (χ1v) is 14.2. The van der Waals surface area contributed by atoms with Crippen LogP contribution in [0.4, 0.5) is 5.13 Å². The van der Waals surface area contributed by atoms with E-state index in [9.17, 15) is 4.79 Å². The molecule has 1 N–H and O–H groups in total. The third-order valence-corrected chi connectivity index (χ3v) is 8.71. The molecule has 2 aromatic rings. The first-order valence-electron chi connectivity index (χ1n) is 12.6. The predicted octanol–water partition coefficient (Wildman–Crippen LogP) is 5.44. The zero-order valence-electron chi connectivity index (χ0n) is 19.9. The average molecular weight is 538 g/mol. The highest BCUT2D eigenvalue weighted by molar-refractivity contribution is 9.10. The van der Waals surface area contributed by atoms with Gasteiger partial charge in [-0.1, -0.05) is 24.7 Å². The van der Waals surface area contributed by atoms with Crippen molar-refractivity contribution in [2.75, 3.05) is 44.2 Å². The summed E-state index contributed by atoms with van der Waals surface area (Å²) in [5, 5.41) is 4.25. The van der Waals surface area contributed by atoms with Gasteiger partial charge in [-0.25, -0.2) is 4.98 Å². The second kappa shape index (κ2) is 11.8. The summed E-state index contributed by atoms with van der Waals surface area (Å²) in [5.74, 6) is 1.21. The number of amides is 1. The first-order chi connectivity index (χ1) is 16.1. The average Bonchev–Trinajstić information content (AvgIpc) is 3.25. The van der Waals surface area contributed by atoms with Gasteiger partial charge in [-0.15, -0.1) is 0 Å². The molecule has 182 valence electrons. The molecule has 0 aliphatic carbocycles. The Balaban J connectivity index is 1.22. The highest BCUT2D eigenvalue weighted by Gasteiger charge is 2.27. The number of ether oxygens (including phenoxy) is 1. The molecule has 0 bridgehead atoms. The zero-order chi connectivity index (χ0) is 23.2. The third kappa shape index (κ3) is 6.20. The van der Waals surface area contributed by atoms with E-state index in [0.29, 0.717) is 6.61 Å². The van der Waals surface area contributed by atoms with Crippen LogP contribution in [-0.2, 0) is 4.79 Å². The molecule has 1 aromatic heterocycles. The van der Waals surface area contributed by atoms with Crippen LogP contribution in [0.25, 0.3) is 10.2 Å². The molecule has 1 atom stereocenters. The molecule has 1 aromatic carbocycles. The number of thiazole rings is 1. The van der Waals surface area contributed by atoms with E-state index < -0.39 is 0 Å². The van der Waals surface area contributed by atoms with Gasteiger partial charge in [0.2, 0.25) is 5.91 Å². The van der Waals surface area contributed by atoms with Gasteiger partial charge in [-0.05, 0) is 74.0 Å². The summed E-state index contributed by atoms with van der Waals surface area (Å²) in [6, 6.07) is 4.84. The monoisotopic (exact) mass is 536 g/mol. The molecule has 2 aliphatic rings. The smallest absolute Gasteiger partial charge is 0.223 e. The molecule has 0 spiro atoms. The zero-order valence-corrected chi connectivity index (χ0v) is 22.3. The molecule has 3 heterocycles. The normalized spacial score (nSPS) is 20.3. The summed E-state index contributed by atoms with van der Waals surface area (Å²) in [6.45, 7) is 9.81. The van der Waals surface area contributed by atoms with Crippen LogP contribution in [0.3, 0.4) is 0 Å². The lowest BCUT2D eigenvalue weighted by molar-refractivity contribution is -0.125. The van der Waals surface area contributed by atoms with Crippen molar-refractivity contribution in [1.82, 2.24) is 15.2 Å². The molecule has 0 saturated carbocycles. The van der Waals surface area contributed by atoms with Crippen molar-refractivity contribution < 1.29 is 9.53 Å². The van der Waals surface area contributed by atoms with Crippen molar-refractivity contribution >= 4 is 48.5 Å². The SMILES string of the molecule is CCOc1cc2sc(N3CCC(C(=O)NCCCN4CCCCC4CC)CC3)nc2cc1Br. The van der Waals surface area contributed by atoms with Gasteiger partial charge in [0.15, 0.2) is 5.13 Å². The maximum absolute atomic E-state index is 12.7. The highest BCUT2D eigenvalue weighted by atomic mass is 79.9. The number of nitrogens with zero attached hydrogens (tertiary/aromatic N) is 3. The van der Waals surface area contributed by atoms with Gasteiger partial charge >= 0.3 is 0 Å². The number of halogens is 1. The number of carbonyl (C=O) groups excluding carboxylic acids is 1. The second-order valence-corrected chi connectivity index (χ2v) is 11.0.